The molecular formula is C14H19ClNO3-. The van der Waals surface area contributed by atoms with Gasteiger partial charge in [-0.25, -0.2) is 4.79 Å². The van der Waals surface area contributed by atoms with Crippen LogP contribution < -0.4 is 17.1 Å². The van der Waals surface area contributed by atoms with Crippen LogP contribution >= 0.6 is 0 Å². The number of halogens is 1. The molecule has 5 heteroatoms. The average Bonchev–Trinajstić information content (AvgIpc) is 2.39. The Labute approximate surface area is 120 Å². The molecule has 2 rings (SSSR count). The number of nitrogens with zero attached hydrogens (tertiary/aromatic N) is 1. The van der Waals surface area contributed by atoms with Crippen molar-refractivity contribution in [3.63, 3.8) is 0 Å². The molecule has 0 bridgehead atoms. The highest BCUT2D eigenvalue weighted by Crippen LogP contribution is 2.17. The first-order valence-electron chi connectivity index (χ1n) is 6.22. The van der Waals surface area contributed by atoms with Gasteiger partial charge in [0.05, 0.1) is 12.7 Å². The number of benzene rings is 1. The van der Waals surface area contributed by atoms with E-state index in [1.807, 2.05) is 13.1 Å². The van der Waals surface area contributed by atoms with Gasteiger partial charge in [0.25, 0.3) is 0 Å². The fraction of sp³-hybridized carbons (Fsp3) is 0.500. The van der Waals surface area contributed by atoms with Crippen LogP contribution in [0.5, 0.6) is 5.75 Å². The van der Waals surface area contributed by atoms with Gasteiger partial charge in [0.2, 0.25) is 0 Å². The van der Waals surface area contributed by atoms with E-state index in [4.69, 9.17) is 9.47 Å². The van der Waals surface area contributed by atoms with Crippen molar-refractivity contribution in [2.75, 3.05) is 27.2 Å². The number of esters is 1. The molecule has 0 amide bonds. The number of piperidine rings is 1. The van der Waals surface area contributed by atoms with Gasteiger partial charge in [-0.2, -0.15) is 0 Å². The molecule has 1 aliphatic rings. The van der Waals surface area contributed by atoms with Crippen molar-refractivity contribution >= 4 is 5.97 Å². The Bertz CT molecular complexity index is 425. The Morgan fingerprint density at radius 3 is 2.89 bits per heavy atom. The molecule has 0 aliphatic carbocycles. The predicted molar refractivity (Wildman–Crippen MR) is 68.9 cm³/mol. The predicted octanol–water partition coefficient (Wildman–Crippen LogP) is -1.05. The fourth-order valence-electron chi connectivity index (χ4n) is 2.18. The first-order valence-corrected chi connectivity index (χ1v) is 6.22. The minimum absolute atomic E-state index is 0. The summed E-state index contributed by atoms with van der Waals surface area (Å²) in [5.74, 6) is 0.402. The van der Waals surface area contributed by atoms with E-state index in [0.29, 0.717) is 11.3 Å². The molecule has 1 heterocycles. The van der Waals surface area contributed by atoms with E-state index in [-0.39, 0.29) is 24.5 Å². The zero-order valence-corrected chi connectivity index (χ0v) is 12.0. The second kappa shape index (κ2) is 7.36. The number of methoxy groups -OCH3 is 1. The zero-order valence-electron chi connectivity index (χ0n) is 11.3. The lowest BCUT2D eigenvalue weighted by Gasteiger charge is -2.29. The van der Waals surface area contributed by atoms with Crippen LogP contribution in [-0.4, -0.2) is 44.2 Å². The molecule has 0 spiro atoms. The highest BCUT2D eigenvalue weighted by atomic mass is 35.5. The highest BCUT2D eigenvalue weighted by Gasteiger charge is 2.21. The minimum Gasteiger partial charge on any atom is -1.00 e. The summed E-state index contributed by atoms with van der Waals surface area (Å²) in [7, 11) is 3.63. The zero-order chi connectivity index (χ0) is 13.0. The number of carbonyl (C=O) groups excluding carboxylic acids is 1. The summed E-state index contributed by atoms with van der Waals surface area (Å²) in [6, 6.07) is 7.06. The lowest BCUT2D eigenvalue weighted by molar-refractivity contribution is -0.0000823. The van der Waals surface area contributed by atoms with Crippen molar-refractivity contribution in [2.24, 2.45) is 0 Å². The van der Waals surface area contributed by atoms with Gasteiger partial charge < -0.3 is 26.8 Å². The normalized spacial score (nSPS) is 19.4. The third-order valence-corrected chi connectivity index (χ3v) is 3.16. The van der Waals surface area contributed by atoms with Crippen molar-refractivity contribution < 1.29 is 26.7 Å². The van der Waals surface area contributed by atoms with Crippen LogP contribution in [0.25, 0.3) is 0 Å². The summed E-state index contributed by atoms with van der Waals surface area (Å²) in [4.78, 5) is 14.2. The molecule has 1 aromatic rings. The van der Waals surface area contributed by atoms with E-state index in [2.05, 4.69) is 4.90 Å². The molecule has 19 heavy (non-hydrogen) atoms. The Kier molecular flexibility index (Phi) is 6.12. The van der Waals surface area contributed by atoms with Crippen molar-refractivity contribution in [1.82, 2.24) is 4.90 Å². The number of rotatable bonds is 3. The quantitative estimate of drug-likeness (QED) is 0.664. The van der Waals surface area contributed by atoms with Crippen LogP contribution in [-0.2, 0) is 4.74 Å². The maximum Gasteiger partial charge on any atom is 0.338 e. The first kappa shape index (κ1) is 15.8. The van der Waals surface area contributed by atoms with Crippen LogP contribution in [0, 0.1) is 0 Å². The monoisotopic (exact) mass is 284 g/mol. The van der Waals surface area contributed by atoms with Crippen LogP contribution in [0.15, 0.2) is 24.3 Å². The first-order chi connectivity index (χ1) is 8.69. The molecule has 1 fully saturated rings. The lowest BCUT2D eigenvalue weighted by atomic mass is 10.1. The third-order valence-electron chi connectivity index (χ3n) is 3.16. The van der Waals surface area contributed by atoms with E-state index in [9.17, 15) is 4.79 Å². The molecule has 0 aromatic heterocycles. The van der Waals surface area contributed by atoms with Crippen LogP contribution in [0.1, 0.15) is 23.2 Å². The topological polar surface area (TPSA) is 38.8 Å². The number of carbonyl (C=O) groups is 1. The van der Waals surface area contributed by atoms with Crippen molar-refractivity contribution in [1.29, 1.82) is 0 Å². The molecule has 1 aromatic carbocycles. The molecular weight excluding hydrogens is 266 g/mol. The number of likely N-dealkylation sites (N-methyl/N-ethyl adjacent to an activating group) is 1. The van der Waals surface area contributed by atoms with Crippen molar-refractivity contribution in [3.8, 4) is 5.75 Å². The summed E-state index contributed by atoms with van der Waals surface area (Å²) in [5.41, 5.74) is 0.544. The van der Waals surface area contributed by atoms with E-state index in [0.717, 1.165) is 25.9 Å². The van der Waals surface area contributed by atoms with Crippen molar-refractivity contribution in [2.45, 2.75) is 18.9 Å². The smallest absolute Gasteiger partial charge is 0.338 e. The number of hydrogen-bond donors (Lipinski definition) is 0. The lowest BCUT2D eigenvalue weighted by Crippen LogP contribution is -3.00. The van der Waals surface area contributed by atoms with E-state index < -0.39 is 0 Å². The number of hydrogen-bond acceptors (Lipinski definition) is 4. The minimum atomic E-state index is -0.269. The molecule has 4 nitrogen and oxygen atoms in total. The number of ether oxygens (including phenoxy) is 2. The Balaban J connectivity index is 0.00000180. The van der Waals surface area contributed by atoms with Gasteiger partial charge in [0.15, 0.2) is 0 Å². The van der Waals surface area contributed by atoms with E-state index in [1.54, 1.807) is 25.3 Å². The largest absolute Gasteiger partial charge is 1.00 e. The second-order valence-corrected chi connectivity index (χ2v) is 4.66. The van der Waals surface area contributed by atoms with Gasteiger partial charge in [-0.05, 0) is 44.6 Å². The molecule has 1 atom stereocenters. The van der Waals surface area contributed by atoms with Gasteiger partial charge >= 0.3 is 5.97 Å². The van der Waals surface area contributed by atoms with Gasteiger partial charge in [0, 0.05) is 6.54 Å². The third kappa shape index (κ3) is 4.40. The molecule has 1 aliphatic heterocycles. The van der Waals surface area contributed by atoms with E-state index in [1.165, 1.54) is 0 Å². The standard InChI is InChI=1S/C14H19NO3.ClH/c1-15-8-4-7-13(10-15)18-14(16)11-5-3-6-12(9-11)17-2;/h3,5-6,9,13H,4,7-8,10H2,1-2H3;1H/p-1. The van der Waals surface area contributed by atoms with Crippen LogP contribution in [0.3, 0.4) is 0 Å². The molecule has 0 radical (unpaired) electrons. The Morgan fingerprint density at radius 2 is 2.21 bits per heavy atom. The van der Waals surface area contributed by atoms with Crippen molar-refractivity contribution in [3.05, 3.63) is 29.8 Å². The molecule has 106 valence electrons. The van der Waals surface area contributed by atoms with Crippen LogP contribution in [0.4, 0.5) is 0 Å². The average molecular weight is 285 g/mol. The summed E-state index contributed by atoms with van der Waals surface area (Å²) < 4.78 is 10.6. The number of likely N-dealkylation sites (tertiary alicyclic amines) is 1. The van der Waals surface area contributed by atoms with Gasteiger partial charge in [-0.1, -0.05) is 6.07 Å². The molecule has 1 unspecified atom stereocenters. The van der Waals surface area contributed by atoms with Gasteiger partial charge in [-0.3, -0.25) is 0 Å². The van der Waals surface area contributed by atoms with E-state index >= 15 is 0 Å². The SMILES string of the molecule is COc1cccc(C(=O)OC2CCCN(C)C2)c1.[Cl-]. The maximum absolute atomic E-state index is 12.0. The maximum atomic E-state index is 12.0. The van der Waals surface area contributed by atoms with Gasteiger partial charge in [-0.15, -0.1) is 0 Å². The highest BCUT2D eigenvalue weighted by molar-refractivity contribution is 5.90. The van der Waals surface area contributed by atoms with Crippen LogP contribution in [0.2, 0.25) is 0 Å². The molecule has 1 saturated heterocycles. The summed E-state index contributed by atoms with van der Waals surface area (Å²) in [6.07, 6.45) is 2.02. The summed E-state index contributed by atoms with van der Waals surface area (Å²) in [6.45, 7) is 1.89. The Hall–Kier alpha value is -1.26. The summed E-state index contributed by atoms with van der Waals surface area (Å²) in [5, 5.41) is 0. The van der Waals surface area contributed by atoms with Gasteiger partial charge in [0.1, 0.15) is 11.9 Å². The Morgan fingerprint density at radius 1 is 1.42 bits per heavy atom. The molecule has 0 saturated carbocycles. The fourth-order valence-corrected chi connectivity index (χ4v) is 2.18. The second-order valence-electron chi connectivity index (χ2n) is 4.66. The molecule has 0 N–H and O–H groups in total. The summed E-state index contributed by atoms with van der Waals surface area (Å²) >= 11 is 0.